The van der Waals surface area contributed by atoms with Gasteiger partial charge in [0.2, 0.25) is 0 Å². The van der Waals surface area contributed by atoms with Crippen LogP contribution in [0, 0.1) is 12.3 Å². The van der Waals surface area contributed by atoms with Crippen molar-refractivity contribution in [3.8, 4) is 0 Å². The van der Waals surface area contributed by atoms with Crippen molar-refractivity contribution in [3.63, 3.8) is 0 Å². The van der Waals surface area contributed by atoms with Crippen molar-refractivity contribution in [2.75, 3.05) is 0 Å². The molecule has 37 heavy (non-hydrogen) atoms. The number of hydrogen-bond donors (Lipinski definition) is 1. The highest BCUT2D eigenvalue weighted by atomic mass is 15.2. The van der Waals surface area contributed by atoms with E-state index in [4.69, 9.17) is 0 Å². The summed E-state index contributed by atoms with van der Waals surface area (Å²) in [4.78, 5) is 6.74. The molecule has 1 aliphatic heterocycles. The molecule has 1 aliphatic rings. The average molecular weight is 504 g/mol. The summed E-state index contributed by atoms with van der Waals surface area (Å²) in [6.45, 7) is 41.3. The summed E-state index contributed by atoms with van der Waals surface area (Å²) in [5, 5.41) is 3.55. The minimum absolute atomic E-state index is 0.121. The molecule has 1 atom stereocenters. The van der Waals surface area contributed by atoms with E-state index in [9.17, 15) is 0 Å². The van der Waals surface area contributed by atoms with E-state index >= 15 is 0 Å². The number of benzene rings is 1. The first-order valence-electron chi connectivity index (χ1n) is 13.2. The number of hydrogen-bond acceptors (Lipinski definition) is 3. The molecule has 2 rings (SSSR count). The minimum atomic E-state index is 0.121. The molecule has 204 valence electrons. The van der Waals surface area contributed by atoms with E-state index in [0.717, 1.165) is 34.8 Å². The van der Waals surface area contributed by atoms with Crippen LogP contribution in [0.2, 0.25) is 0 Å². The Morgan fingerprint density at radius 1 is 1.11 bits per heavy atom. The Hall–Kier alpha value is -3.07. The van der Waals surface area contributed by atoms with Gasteiger partial charge in [-0.25, -0.2) is 4.99 Å². The van der Waals surface area contributed by atoms with Crippen molar-refractivity contribution in [1.82, 2.24) is 10.2 Å². The highest BCUT2D eigenvalue weighted by Crippen LogP contribution is 2.29. The standard InChI is InChI=1S/C26H35N3.C5H12.C3H6/c1-11-17(5)29-18(6)15-26(28-22(29)10)21(9)27-20(8)25-14-13-24(16(3)4)19(7)23(25)12-2;1-5(2,3)4;1-3-2/h11,13-15,20,27H,3,9-10,12H2,1-2,4-8H3;1-4H3;3H,1H2,2H3/b17-11-;;. The lowest BCUT2D eigenvalue weighted by atomic mass is 9.89. The Morgan fingerprint density at radius 2 is 1.62 bits per heavy atom. The summed E-state index contributed by atoms with van der Waals surface area (Å²) in [5.41, 5.74) is 10.6. The minimum Gasteiger partial charge on any atom is -0.377 e. The van der Waals surface area contributed by atoms with Crippen LogP contribution in [0.5, 0.6) is 0 Å². The highest BCUT2D eigenvalue weighted by molar-refractivity contribution is 6.09. The van der Waals surface area contributed by atoms with Crippen LogP contribution < -0.4 is 5.32 Å². The van der Waals surface area contributed by atoms with Crippen LogP contribution in [0.3, 0.4) is 0 Å². The average Bonchev–Trinajstić information content (AvgIpc) is 2.77. The fourth-order valence-corrected chi connectivity index (χ4v) is 3.98. The molecular weight excluding hydrogens is 450 g/mol. The summed E-state index contributed by atoms with van der Waals surface area (Å²) in [7, 11) is 0. The highest BCUT2D eigenvalue weighted by Gasteiger charge is 2.20. The van der Waals surface area contributed by atoms with Crippen molar-refractivity contribution in [2.24, 2.45) is 10.4 Å². The zero-order valence-corrected chi connectivity index (χ0v) is 25.9. The third kappa shape index (κ3) is 10.8. The predicted octanol–water partition coefficient (Wildman–Crippen LogP) is 10.1. The summed E-state index contributed by atoms with van der Waals surface area (Å²) in [5.74, 6) is 0.710. The molecule has 0 amide bonds. The maximum atomic E-state index is 4.68. The molecule has 0 aliphatic carbocycles. The molecule has 1 unspecified atom stereocenters. The van der Waals surface area contributed by atoms with E-state index in [0.29, 0.717) is 11.2 Å². The molecular formula is C34H53N3. The number of allylic oxidation sites excluding steroid dienone is 6. The molecule has 0 saturated carbocycles. The smallest absolute Gasteiger partial charge is 0.130 e. The molecule has 1 aromatic rings. The Balaban J connectivity index is 0.00000142. The number of nitrogens with one attached hydrogen (secondary N) is 1. The third-order valence-electron chi connectivity index (χ3n) is 5.59. The molecule has 1 aromatic carbocycles. The van der Waals surface area contributed by atoms with Crippen LogP contribution >= 0.6 is 0 Å². The van der Waals surface area contributed by atoms with E-state index < -0.39 is 0 Å². The first-order chi connectivity index (χ1) is 17.0. The molecule has 1 heterocycles. The van der Waals surface area contributed by atoms with Crippen LogP contribution in [0.15, 0.2) is 84.6 Å². The molecule has 0 bridgehead atoms. The Morgan fingerprint density at radius 3 is 2.03 bits per heavy atom. The van der Waals surface area contributed by atoms with Gasteiger partial charge in [-0.3, -0.25) is 0 Å². The maximum Gasteiger partial charge on any atom is 0.130 e. The van der Waals surface area contributed by atoms with E-state index in [1.54, 1.807) is 6.08 Å². The fraction of sp³-hybridized carbons (Fsp3) is 0.441. The third-order valence-corrected chi connectivity index (χ3v) is 5.59. The van der Waals surface area contributed by atoms with Gasteiger partial charge in [0.05, 0.1) is 11.4 Å². The van der Waals surface area contributed by atoms with Crippen molar-refractivity contribution in [1.29, 1.82) is 0 Å². The first-order valence-corrected chi connectivity index (χ1v) is 13.2. The van der Waals surface area contributed by atoms with E-state index in [1.165, 1.54) is 22.3 Å². The van der Waals surface area contributed by atoms with Gasteiger partial charge in [-0.1, -0.05) is 84.2 Å². The van der Waals surface area contributed by atoms with Gasteiger partial charge < -0.3 is 10.2 Å². The lowest BCUT2D eigenvalue weighted by molar-refractivity contribution is 0.469. The molecule has 0 spiro atoms. The zero-order valence-electron chi connectivity index (χ0n) is 25.9. The van der Waals surface area contributed by atoms with Crippen molar-refractivity contribution in [2.45, 2.75) is 95.5 Å². The Bertz CT molecular complexity index is 1070. The quantitative estimate of drug-likeness (QED) is 0.375. The molecule has 0 saturated heterocycles. The summed E-state index contributed by atoms with van der Waals surface area (Å²) in [6, 6.07) is 4.51. The second-order valence-corrected chi connectivity index (χ2v) is 11.2. The van der Waals surface area contributed by atoms with E-state index in [-0.39, 0.29) is 6.04 Å². The summed E-state index contributed by atoms with van der Waals surface area (Å²) >= 11 is 0. The van der Waals surface area contributed by atoms with Crippen LogP contribution in [0.1, 0.15) is 104 Å². The van der Waals surface area contributed by atoms with Crippen LogP contribution in [-0.4, -0.2) is 10.6 Å². The Kier molecular flexibility index (Phi) is 14.0. The normalized spacial score (nSPS) is 14.2. The van der Waals surface area contributed by atoms with Crippen LogP contribution in [0.25, 0.3) is 5.57 Å². The van der Waals surface area contributed by atoms with Gasteiger partial charge in [-0.05, 0) is 88.6 Å². The van der Waals surface area contributed by atoms with Crippen molar-refractivity contribution < 1.29 is 0 Å². The second kappa shape index (κ2) is 15.2. The predicted molar refractivity (Wildman–Crippen MR) is 169 cm³/mol. The SMILES string of the molecule is C=C(NC(C)c1ccc(C(=C)C)c(C)c1CC)C1=NC(=C)N(/C(C)=C\C)C(C)=C1.C=CC.CC(C)(C)C. The molecule has 3 nitrogen and oxygen atoms in total. The first kappa shape index (κ1) is 33.9. The van der Waals surface area contributed by atoms with Crippen molar-refractivity contribution in [3.05, 3.63) is 102 Å². The lowest BCUT2D eigenvalue weighted by Gasteiger charge is -2.30. The largest absolute Gasteiger partial charge is 0.377 e. The van der Waals surface area contributed by atoms with Crippen LogP contribution in [-0.2, 0) is 6.42 Å². The molecule has 0 aromatic heterocycles. The number of rotatable bonds is 7. The number of aliphatic imine (C=N–C) groups is 1. The monoisotopic (exact) mass is 503 g/mol. The molecule has 0 radical (unpaired) electrons. The molecule has 3 heteroatoms. The van der Waals surface area contributed by atoms with Gasteiger partial charge in [-0.2, -0.15) is 0 Å². The number of nitrogens with zero attached hydrogens (tertiary/aromatic N) is 2. The van der Waals surface area contributed by atoms with Gasteiger partial charge in [0.25, 0.3) is 0 Å². The Labute approximate surface area is 229 Å². The summed E-state index contributed by atoms with van der Waals surface area (Å²) in [6.07, 6.45) is 6.84. The maximum absolute atomic E-state index is 4.68. The van der Waals surface area contributed by atoms with Gasteiger partial charge in [0.1, 0.15) is 5.82 Å². The molecule has 0 fully saturated rings. The lowest BCUT2D eigenvalue weighted by Crippen LogP contribution is -2.28. The van der Waals surface area contributed by atoms with E-state index in [1.807, 2.05) is 13.8 Å². The fourth-order valence-electron chi connectivity index (χ4n) is 3.98. The van der Waals surface area contributed by atoms with Gasteiger partial charge in [0, 0.05) is 17.4 Å². The zero-order chi connectivity index (χ0) is 29.1. The van der Waals surface area contributed by atoms with Gasteiger partial charge in [0.15, 0.2) is 0 Å². The van der Waals surface area contributed by atoms with E-state index in [2.05, 4.69) is 135 Å². The topological polar surface area (TPSA) is 27.6 Å². The second-order valence-electron chi connectivity index (χ2n) is 11.2. The van der Waals surface area contributed by atoms with Gasteiger partial charge in [-0.15, -0.1) is 6.58 Å². The van der Waals surface area contributed by atoms with Crippen LogP contribution in [0.4, 0.5) is 0 Å². The van der Waals surface area contributed by atoms with Crippen molar-refractivity contribution >= 4 is 11.3 Å². The molecule has 1 N–H and O–H groups in total. The van der Waals surface area contributed by atoms with Gasteiger partial charge >= 0.3 is 0 Å². The summed E-state index contributed by atoms with van der Waals surface area (Å²) < 4.78 is 0.